The molecule has 3 aromatic carbocycles. The third kappa shape index (κ3) is 3.05. The average molecular weight is 425 g/mol. The fourth-order valence-electron chi connectivity index (χ4n) is 4.76. The van der Waals surface area contributed by atoms with Gasteiger partial charge in [0.05, 0.1) is 17.4 Å². The zero-order chi connectivity index (χ0) is 20.9. The molecule has 0 saturated heterocycles. The van der Waals surface area contributed by atoms with E-state index in [1.807, 2.05) is 12.1 Å². The van der Waals surface area contributed by atoms with E-state index >= 15 is 0 Å². The molecule has 152 valence electrons. The van der Waals surface area contributed by atoms with Crippen molar-refractivity contribution in [3.05, 3.63) is 117 Å². The van der Waals surface area contributed by atoms with Crippen molar-refractivity contribution in [2.24, 2.45) is 4.99 Å². The summed E-state index contributed by atoms with van der Waals surface area (Å²) in [7, 11) is 0. The molecule has 3 aromatic rings. The Labute approximate surface area is 185 Å². The molecule has 0 fully saturated rings. The summed E-state index contributed by atoms with van der Waals surface area (Å²) in [5.41, 5.74) is 9.66. The van der Waals surface area contributed by atoms with Crippen molar-refractivity contribution in [3.8, 4) is 0 Å². The lowest BCUT2D eigenvalue weighted by Crippen LogP contribution is -2.34. The summed E-state index contributed by atoms with van der Waals surface area (Å²) in [4.78, 5) is 7.50. The first-order valence-electron chi connectivity index (χ1n) is 10.6. The number of thioether (sulfide) groups is 1. The molecule has 4 heteroatoms. The van der Waals surface area contributed by atoms with Crippen molar-refractivity contribution in [2.75, 3.05) is 0 Å². The van der Waals surface area contributed by atoms with Crippen molar-refractivity contribution in [1.29, 1.82) is 0 Å². The van der Waals surface area contributed by atoms with Gasteiger partial charge in [-0.2, -0.15) is 0 Å². The van der Waals surface area contributed by atoms with Crippen LogP contribution in [0.2, 0.25) is 0 Å². The first-order chi connectivity index (χ1) is 15.2. The fraction of sp³-hybridized carbons (Fsp3) is 0.148. The standard InChI is InChI=1S/C27H21FN2S/c1-17-6-8-19(9-7-17)24-16-31-27-29-25-22-5-3-2-4-18(22)12-15-23(25)26(30(24)27)20-10-13-21(28)14-11-20/h2-11,13-14,16,26H,12,15H2,1H3/t26-/m1/s1. The molecule has 0 unspecified atom stereocenters. The van der Waals surface area contributed by atoms with Gasteiger partial charge in [-0.25, -0.2) is 9.38 Å². The van der Waals surface area contributed by atoms with E-state index in [1.165, 1.54) is 27.8 Å². The molecular weight excluding hydrogens is 403 g/mol. The molecule has 0 amide bonds. The predicted octanol–water partition coefficient (Wildman–Crippen LogP) is 6.95. The van der Waals surface area contributed by atoms with Crippen molar-refractivity contribution in [1.82, 2.24) is 4.90 Å². The van der Waals surface area contributed by atoms with Gasteiger partial charge < -0.3 is 4.90 Å². The monoisotopic (exact) mass is 424 g/mol. The minimum Gasteiger partial charge on any atom is -0.308 e. The maximum absolute atomic E-state index is 13.8. The maximum atomic E-state index is 13.8. The van der Waals surface area contributed by atoms with E-state index in [1.54, 1.807) is 23.9 Å². The Bertz CT molecular complexity index is 1270. The highest BCUT2D eigenvalue weighted by Gasteiger charge is 2.40. The Kier molecular flexibility index (Phi) is 4.35. The van der Waals surface area contributed by atoms with Crippen molar-refractivity contribution in [2.45, 2.75) is 25.8 Å². The van der Waals surface area contributed by atoms with E-state index in [2.05, 4.69) is 65.8 Å². The molecule has 0 bridgehead atoms. The lowest BCUT2D eigenvalue weighted by atomic mass is 9.82. The highest BCUT2D eigenvalue weighted by molar-refractivity contribution is 8.16. The van der Waals surface area contributed by atoms with E-state index in [9.17, 15) is 4.39 Å². The fourth-order valence-corrected chi connectivity index (χ4v) is 5.69. The third-order valence-electron chi connectivity index (χ3n) is 6.31. The summed E-state index contributed by atoms with van der Waals surface area (Å²) in [5, 5.41) is 3.19. The number of hydrogen-bond acceptors (Lipinski definition) is 3. The number of benzene rings is 3. The van der Waals surface area contributed by atoms with Crippen LogP contribution in [-0.2, 0) is 6.42 Å². The van der Waals surface area contributed by atoms with Gasteiger partial charge in [-0.3, -0.25) is 0 Å². The average Bonchev–Trinajstić information content (AvgIpc) is 3.22. The van der Waals surface area contributed by atoms with Crippen LogP contribution in [0.1, 0.15) is 40.3 Å². The van der Waals surface area contributed by atoms with E-state index in [4.69, 9.17) is 4.99 Å². The number of amidine groups is 1. The predicted molar refractivity (Wildman–Crippen MR) is 127 cm³/mol. The summed E-state index contributed by atoms with van der Waals surface area (Å²) >= 11 is 1.67. The smallest absolute Gasteiger partial charge is 0.174 e. The first-order valence-corrected chi connectivity index (χ1v) is 11.5. The number of halogens is 1. The molecule has 6 rings (SSSR count). The maximum Gasteiger partial charge on any atom is 0.174 e. The Morgan fingerprint density at radius 1 is 0.935 bits per heavy atom. The Morgan fingerprint density at radius 2 is 1.71 bits per heavy atom. The van der Waals surface area contributed by atoms with Crippen LogP contribution in [-0.4, -0.2) is 10.1 Å². The molecule has 0 aromatic heterocycles. The second-order valence-electron chi connectivity index (χ2n) is 8.24. The van der Waals surface area contributed by atoms with Gasteiger partial charge in [-0.05, 0) is 54.2 Å². The van der Waals surface area contributed by atoms with Crippen LogP contribution in [0.15, 0.2) is 88.8 Å². The van der Waals surface area contributed by atoms with Crippen molar-refractivity contribution >= 4 is 28.3 Å². The van der Waals surface area contributed by atoms with E-state index in [0.717, 1.165) is 35.0 Å². The van der Waals surface area contributed by atoms with Crippen LogP contribution >= 0.6 is 11.8 Å². The Hall–Kier alpha value is -3.11. The molecule has 0 N–H and O–H groups in total. The van der Waals surface area contributed by atoms with Crippen LogP contribution in [0.4, 0.5) is 4.39 Å². The summed E-state index contributed by atoms with van der Waals surface area (Å²) in [5.74, 6) is -0.207. The number of nitrogens with zero attached hydrogens (tertiary/aromatic N) is 2. The topological polar surface area (TPSA) is 15.6 Å². The largest absolute Gasteiger partial charge is 0.308 e. The summed E-state index contributed by atoms with van der Waals surface area (Å²) < 4.78 is 13.8. The second-order valence-corrected chi connectivity index (χ2v) is 9.07. The Balaban J connectivity index is 1.53. The van der Waals surface area contributed by atoms with Gasteiger partial charge in [0, 0.05) is 11.0 Å². The van der Waals surface area contributed by atoms with Crippen molar-refractivity contribution in [3.63, 3.8) is 0 Å². The molecular formula is C27H21FN2S. The zero-order valence-corrected chi connectivity index (χ0v) is 18.0. The quantitative estimate of drug-likeness (QED) is 0.442. The van der Waals surface area contributed by atoms with Crippen LogP contribution in [0.25, 0.3) is 11.4 Å². The van der Waals surface area contributed by atoms with Gasteiger partial charge in [-0.15, -0.1) is 0 Å². The summed E-state index contributed by atoms with van der Waals surface area (Å²) in [6.07, 6.45) is 1.95. The van der Waals surface area contributed by atoms with Gasteiger partial charge in [0.25, 0.3) is 0 Å². The van der Waals surface area contributed by atoms with Gasteiger partial charge in [-0.1, -0.05) is 78.0 Å². The molecule has 2 nitrogen and oxygen atoms in total. The van der Waals surface area contributed by atoms with Gasteiger partial charge in [0.2, 0.25) is 0 Å². The van der Waals surface area contributed by atoms with Gasteiger partial charge in [0.15, 0.2) is 5.17 Å². The number of hydrogen-bond donors (Lipinski definition) is 0. The molecule has 3 aliphatic rings. The van der Waals surface area contributed by atoms with E-state index in [0.29, 0.717) is 0 Å². The van der Waals surface area contributed by atoms with Crippen LogP contribution in [0.5, 0.6) is 0 Å². The lowest BCUT2D eigenvalue weighted by Gasteiger charge is -2.39. The number of aliphatic imine (C=N–C) groups is 1. The number of fused-ring (bicyclic) bond motifs is 3. The Morgan fingerprint density at radius 3 is 2.52 bits per heavy atom. The molecule has 1 aliphatic carbocycles. The van der Waals surface area contributed by atoms with E-state index in [-0.39, 0.29) is 11.9 Å². The highest BCUT2D eigenvalue weighted by atomic mass is 32.2. The van der Waals surface area contributed by atoms with Crippen molar-refractivity contribution < 1.29 is 4.39 Å². The number of aryl methyl sites for hydroxylation is 2. The summed E-state index contributed by atoms with van der Waals surface area (Å²) in [6.45, 7) is 2.10. The van der Waals surface area contributed by atoms with E-state index < -0.39 is 0 Å². The summed E-state index contributed by atoms with van der Waals surface area (Å²) in [6, 6.07) is 24.2. The molecule has 2 aliphatic heterocycles. The molecule has 0 radical (unpaired) electrons. The van der Waals surface area contributed by atoms with Crippen LogP contribution < -0.4 is 0 Å². The molecule has 31 heavy (non-hydrogen) atoms. The minimum atomic E-state index is -0.207. The minimum absolute atomic E-state index is 0.0130. The van der Waals surface area contributed by atoms with Gasteiger partial charge >= 0.3 is 0 Å². The lowest BCUT2D eigenvalue weighted by molar-refractivity contribution is 0.473. The SMILES string of the molecule is Cc1ccc(C2=CSC3=NC4=C(CCc5ccccc54)[C@@H](c4ccc(F)cc4)N23)cc1. The highest BCUT2D eigenvalue weighted by Crippen LogP contribution is 2.51. The normalized spacial score (nSPS) is 19.4. The van der Waals surface area contributed by atoms with Crippen LogP contribution in [0, 0.1) is 12.7 Å². The molecule has 0 spiro atoms. The molecule has 1 atom stereocenters. The molecule has 2 heterocycles. The molecule has 0 saturated carbocycles. The van der Waals surface area contributed by atoms with Crippen LogP contribution in [0.3, 0.4) is 0 Å². The number of rotatable bonds is 2. The van der Waals surface area contributed by atoms with Gasteiger partial charge in [0.1, 0.15) is 5.82 Å². The third-order valence-corrected chi connectivity index (χ3v) is 7.15. The zero-order valence-electron chi connectivity index (χ0n) is 17.2. The first kappa shape index (κ1) is 18.6. The second kappa shape index (κ2) is 7.24.